The Morgan fingerprint density at radius 3 is 1.10 bits per heavy atom. The average molecular weight is 491 g/mol. The molecule has 0 radical (unpaired) electrons. The summed E-state index contributed by atoms with van der Waals surface area (Å²) in [6.07, 6.45) is 5.02. The zero-order valence-corrected chi connectivity index (χ0v) is 19.7. The summed E-state index contributed by atoms with van der Waals surface area (Å²) in [7, 11) is 0. The van der Waals surface area contributed by atoms with Gasteiger partial charge in [-0.15, -0.1) is 0 Å². The molecule has 0 saturated carbocycles. The van der Waals surface area contributed by atoms with Gasteiger partial charge in [-0.05, 0) is 0 Å². The van der Waals surface area contributed by atoms with Crippen molar-refractivity contribution in [3.05, 3.63) is 139 Å². The van der Waals surface area contributed by atoms with Gasteiger partial charge in [0.2, 0.25) is 0 Å². The van der Waals surface area contributed by atoms with E-state index in [1.807, 2.05) is 0 Å². The first-order valence-corrected chi connectivity index (χ1v) is 16.8. The summed E-state index contributed by atoms with van der Waals surface area (Å²) in [4.78, 5) is 0. The molecule has 0 heterocycles. The van der Waals surface area contributed by atoms with Crippen LogP contribution in [-0.4, -0.2) is 18.4 Å². The van der Waals surface area contributed by atoms with Crippen LogP contribution >= 0.6 is 0 Å². The van der Waals surface area contributed by atoms with E-state index in [-0.39, 0.29) is 0 Å². The van der Waals surface area contributed by atoms with E-state index in [1.54, 1.807) is 21.9 Å². The van der Waals surface area contributed by atoms with Crippen molar-refractivity contribution in [3.8, 4) is 0 Å². The fourth-order valence-corrected chi connectivity index (χ4v) is 23.2. The summed E-state index contributed by atoms with van der Waals surface area (Å²) in [6, 6.07) is 43.6. The first kappa shape index (κ1) is 18.2. The molecule has 0 saturated heterocycles. The second-order valence-corrected chi connectivity index (χ2v) is 20.0. The maximum atomic E-state index is 2.51. The van der Waals surface area contributed by atoms with E-state index in [1.165, 1.54) is 0 Å². The molecule has 0 fully saturated rings. The summed E-state index contributed by atoms with van der Waals surface area (Å²) in [5.41, 5.74) is 3.11. The molecule has 4 aromatic carbocycles. The van der Waals surface area contributed by atoms with Crippen molar-refractivity contribution in [1.29, 1.82) is 0 Å². The third-order valence-corrected chi connectivity index (χ3v) is 22.8. The van der Waals surface area contributed by atoms with Crippen LogP contribution in [0.3, 0.4) is 0 Å². The number of allylic oxidation sites excluding steroid dienone is 2. The fraction of sp³-hybridized carbons (Fsp3) is 0.103. The van der Waals surface area contributed by atoms with Crippen LogP contribution in [0.4, 0.5) is 0 Å². The van der Waals surface area contributed by atoms with Crippen molar-refractivity contribution in [1.82, 2.24) is 0 Å². The SMILES string of the molecule is C1=C[C@H]2c3ccccc3[C@@H]1[CH]2[Sn]([c]1ccccc1)([c]1ccccc1)[c]1ccccc1. The molecule has 3 atom stereocenters. The van der Waals surface area contributed by atoms with Gasteiger partial charge < -0.3 is 0 Å². The van der Waals surface area contributed by atoms with Gasteiger partial charge in [0.25, 0.3) is 0 Å². The molecule has 0 aromatic heterocycles. The molecule has 4 aromatic rings. The predicted molar refractivity (Wildman–Crippen MR) is 129 cm³/mol. The van der Waals surface area contributed by atoms with Crippen LogP contribution in [0.5, 0.6) is 0 Å². The van der Waals surface area contributed by atoms with Crippen molar-refractivity contribution in [2.45, 2.75) is 15.8 Å². The summed E-state index contributed by atoms with van der Waals surface area (Å²) >= 11 is -3.39. The van der Waals surface area contributed by atoms with Gasteiger partial charge in [-0.3, -0.25) is 0 Å². The molecular formula is C29H24Sn. The molecule has 0 N–H and O–H groups in total. The molecule has 2 aliphatic carbocycles. The van der Waals surface area contributed by atoms with Gasteiger partial charge >= 0.3 is 183 Å². The molecular weight excluding hydrogens is 467 g/mol. The molecule has 144 valence electrons. The number of hydrogen-bond acceptors (Lipinski definition) is 0. The van der Waals surface area contributed by atoms with E-state index in [4.69, 9.17) is 0 Å². The van der Waals surface area contributed by atoms with Gasteiger partial charge in [0.05, 0.1) is 0 Å². The minimum absolute atomic E-state index is 0.516. The molecule has 0 amide bonds. The van der Waals surface area contributed by atoms with Crippen molar-refractivity contribution in [2.24, 2.45) is 0 Å². The Labute approximate surface area is 182 Å². The molecule has 0 spiro atoms. The van der Waals surface area contributed by atoms with Gasteiger partial charge in [-0.2, -0.15) is 0 Å². The Morgan fingerprint density at radius 2 is 0.733 bits per heavy atom. The monoisotopic (exact) mass is 492 g/mol. The average Bonchev–Trinajstić information content (AvgIpc) is 3.40. The van der Waals surface area contributed by atoms with Crippen LogP contribution in [0.1, 0.15) is 23.0 Å². The first-order chi connectivity index (χ1) is 14.9. The Kier molecular flexibility index (Phi) is 4.42. The Morgan fingerprint density at radius 1 is 0.400 bits per heavy atom. The molecule has 1 unspecified atom stereocenters. The van der Waals surface area contributed by atoms with Crippen molar-refractivity contribution in [3.63, 3.8) is 0 Å². The van der Waals surface area contributed by atoms with Crippen LogP contribution in [0.2, 0.25) is 3.93 Å². The van der Waals surface area contributed by atoms with E-state index in [9.17, 15) is 0 Å². The number of rotatable bonds is 4. The van der Waals surface area contributed by atoms with E-state index < -0.39 is 18.4 Å². The number of fused-ring (bicyclic) bond motifs is 5. The quantitative estimate of drug-likeness (QED) is 0.279. The van der Waals surface area contributed by atoms with Crippen molar-refractivity contribution >= 4 is 29.1 Å². The Balaban J connectivity index is 1.69. The summed E-state index contributed by atoms with van der Waals surface area (Å²) < 4.78 is 5.38. The second kappa shape index (κ2) is 7.28. The third kappa shape index (κ3) is 2.53. The standard InChI is InChI=1S/C11H9.3C6H5.Sn/c1-2-4-11-9-6-5-8(7-9)10(11)3-1;3*1-2-4-6-5-3-1;/h1-9H;3*1-5H;/t8-,9+;;;;. The summed E-state index contributed by atoms with van der Waals surface area (Å²) in [5.74, 6) is 1.03. The normalized spacial score (nSPS) is 21.5. The predicted octanol–water partition coefficient (Wildman–Crippen LogP) is 4.98. The van der Waals surface area contributed by atoms with Gasteiger partial charge in [-0.25, -0.2) is 0 Å². The van der Waals surface area contributed by atoms with Crippen LogP contribution in [0, 0.1) is 0 Å². The fourth-order valence-electron chi connectivity index (χ4n) is 6.13. The summed E-state index contributed by atoms with van der Waals surface area (Å²) in [5, 5.41) is 0. The third-order valence-electron chi connectivity index (χ3n) is 7.20. The van der Waals surface area contributed by atoms with Crippen LogP contribution in [0.15, 0.2) is 127 Å². The van der Waals surface area contributed by atoms with Crippen LogP contribution in [0.25, 0.3) is 0 Å². The van der Waals surface area contributed by atoms with Gasteiger partial charge in [0.1, 0.15) is 0 Å². The number of hydrogen-bond donors (Lipinski definition) is 0. The zero-order valence-electron chi connectivity index (χ0n) is 16.9. The van der Waals surface area contributed by atoms with Gasteiger partial charge in [0, 0.05) is 0 Å². The second-order valence-electron chi connectivity index (χ2n) is 8.50. The van der Waals surface area contributed by atoms with E-state index >= 15 is 0 Å². The first-order valence-electron chi connectivity index (χ1n) is 10.8. The molecule has 0 aliphatic heterocycles. The molecule has 2 bridgehead atoms. The van der Waals surface area contributed by atoms with E-state index in [0.717, 1.165) is 0 Å². The van der Waals surface area contributed by atoms with Crippen molar-refractivity contribution < 1.29 is 0 Å². The topological polar surface area (TPSA) is 0 Å². The molecule has 30 heavy (non-hydrogen) atoms. The zero-order chi connectivity index (χ0) is 20.0. The molecule has 6 rings (SSSR count). The Bertz CT molecular complexity index is 1070. The van der Waals surface area contributed by atoms with Crippen molar-refractivity contribution in [2.75, 3.05) is 0 Å². The maximum absolute atomic E-state index is 3.39. The Hall–Kier alpha value is -2.58. The van der Waals surface area contributed by atoms with Gasteiger partial charge in [-0.1, -0.05) is 0 Å². The molecule has 1 heteroatoms. The van der Waals surface area contributed by atoms with E-state index in [2.05, 4.69) is 127 Å². The van der Waals surface area contributed by atoms with Gasteiger partial charge in [0.15, 0.2) is 0 Å². The van der Waals surface area contributed by atoms with Crippen LogP contribution < -0.4 is 10.7 Å². The summed E-state index contributed by atoms with van der Waals surface area (Å²) in [6.45, 7) is 0. The van der Waals surface area contributed by atoms with Crippen LogP contribution in [-0.2, 0) is 0 Å². The van der Waals surface area contributed by atoms with E-state index in [0.29, 0.717) is 15.8 Å². The molecule has 0 nitrogen and oxygen atoms in total. The molecule has 2 aliphatic rings. The number of benzene rings is 4. The minimum atomic E-state index is -3.39.